The molecular weight excluding hydrogens is 491 g/mol. The van der Waals surface area contributed by atoms with Gasteiger partial charge in [-0.05, 0) is 49.7 Å². The van der Waals surface area contributed by atoms with Gasteiger partial charge in [-0.1, -0.05) is 29.8 Å². The lowest BCUT2D eigenvalue weighted by atomic mass is 10.1. The third-order valence-corrected chi connectivity index (χ3v) is 6.50. The molecule has 1 amide bonds. The second kappa shape index (κ2) is 11.1. The summed E-state index contributed by atoms with van der Waals surface area (Å²) in [6, 6.07) is 11.9. The number of alkyl halides is 3. The summed E-state index contributed by atoms with van der Waals surface area (Å²) in [6.45, 7) is 3.70. The van der Waals surface area contributed by atoms with Gasteiger partial charge < -0.3 is 9.87 Å². The number of halogens is 4. The Labute approximate surface area is 202 Å². The van der Waals surface area contributed by atoms with Crippen molar-refractivity contribution in [2.24, 2.45) is 0 Å². The minimum atomic E-state index is -4.56. The van der Waals surface area contributed by atoms with Crippen LogP contribution in [0.5, 0.6) is 0 Å². The summed E-state index contributed by atoms with van der Waals surface area (Å²) in [5, 5.41) is 9.94. The Morgan fingerprint density at radius 3 is 2.53 bits per heavy atom. The van der Waals surface area contributed by atoms with Crippen LogP contribution in [0.2, 0.25) is 5.15 Å². The molecular formula is C22H21ClF3N5O2S. The van der Waals surface area contributed by atoms with Gasteiger partial charge in [-0.15, -0.1) is 14.5 Å². The van der Waals surface area contributed by atoms with Gasteiger partial charge in [-0.2, -0.15) is 13.2 Å². The zero-order valence-electron chi connectivity index (χ0n) is 18.2. The predicted octanol–water partition coefficient (Wildman–Crippen LogP) is 4.26. The fraction of sp³-hybridized carbons (Fsp3) is 0.273. The van der Waals surface area contributed by atoms with Crippen LogP contribution in [0.1, 0.15) is 25.1 Å². The van der Waals surface area contributed by atoms with Gasteiger partial charge in [0.15, 0.2) is 10.6 Å². The quantitative estimate of drug-likeness (QED) is 0.359. The van der Waals surface area contributed by atoms with Gasteiger partial charge in [-0.3, -0.25) is 4.79 Å². The summed E-state index contributed by atoms with van der Waals surface area (Å²) < 4.78 is 52.5. The average Bonchev–Trinajstić information content (AvgIpc) is 2.81. The zero-order chi connectivity index (χ0) is 24.9. The molecule has 3 rings (SSSR count). The summed E-state index contributed by atoms with van der Waals surface area (Å²) in [5.74, 6) is -0.344. The van der Waals surface area contributed by atoms with Crippen molar-refractivity contribution in [1.29, 1.82) is 0 Å². The van der Waals surface area contributed by atoms with E-state index in [-0.39, 0.29) is 35.9 Å². The Hall–Kier alpha value is -2.73. The molecule has 0 spiro atoms. The molecule has 7 nitrogen and oxygen atoms in total. The second-order valence-electron chi connectivity index (χ2n) is 7.51. The number of nitrogens with one attached hydrogen (secondary N) is 1. The Morgan fingerprint density at radius 2 is 1.94 bits per heavy atom. The van der Waals surface area contributed by atoms with Crippen molar-refractivity contribution in [3.8, 4) is 11.3 Å². The van der Waals surface area contributed by atoms with Crippen molar-refractivity contribution in [2.45, 2.75) is 37.5 Å². The fourth-order valence-electron chi connectivity index (χ4n) is 2.91. The molecule has 34 heavy (non-hydrogen) atoms. The molecule has 0 saturated heterocycles. The number of carbonyl (C=O) groups excluding carboxylic acids is 1. The largest absolute Gasteiger partial charge is 0.593 e. The molecule has 2 aromatic heterocycles. The van der Waals surface area contributed by atoms with Crippen LogP contribution in [0.4, 0.5) is 13.2 Å². The molecule has 0 saturated carbocycles. The highest BCUT2D eigenvalue weighted by atomic mass is 35.5. The van der Waals surface area contributed by atoms with E-state index in [1.54, 1.807) is 30.3 Å². The van der Waals surface area contributed by atoms with E-state index in [1.165, 1.54) is 22.6 Å². The molecule has 180 valence electrons. The van der Waals surface area contributed by atoms with Crippen molar-refractivity contribution < 1.29 is 22.5 Å². The number of nitrogens with zero attached hydrogens (tertiary/aromatic N) is 4. The molecule has 0 aliphatic heterocycles. The Morgan fingerprint density at radius 1 is 1.18 bits per heavy atom. The molecule has 0 radical (unpaired) electrons. The van der Waals surface area contributed by atoms with E-state index in [0.717, 1.165) is 6.07 Å². The first kappa shape index (κ1) is 25.9. The van der Waals surface area contributed by atoms with Crippen LogP contribution in [-0.4, -0.2) is 42.5 Å². The van der Waals surface area contributed by atoms with E-state index in [2.05, 4.69) is 20.5 Å². The topological polar surface area (TPSA) is 94.1 Å². The van der Waals surface area contributed by atoms with Gasteiger partial charge >= 0.3 is 6.18 Å². The first-order chi connectivity index (χ1) is 16.0. The third kappa shape index (κ3) is 6.89. The maximum Gasteiger partial charge on any atom is 0.435 e. The van der Waals surface area contributed by atoms with Crippen LogP contribution in [0, 0.1) is 0 Å². The maximum absolute atomic E-state index is 12.9. The Bertz CT molecular complexity index is 1110. The number of rotatable bonds is 8. The van der Waals surface area contributed by atoms with E-state index in [1.807, 2.05) is 13.8 Å². The van der Waals surface area contributed by atoms with E-state index in [0.29, 0.717) is 16.0 Å². The first-order valence-corrected chi connectivity index (χ1v) is 11.6. The monoisotopic (exact) mass is 511 g/mol. The zero-order valence-corrected chi connectivity index (χ0v) is 19.8. The van der Waals surface area contributed by atoms with Crippen molar-refractivity contribution in [1.82, 2.24) is 24.8 Å². The molecule has 0 aliphatic rings. The van der Waals surface area contributed by atoms with Crippen molar-refractivity contribution in [3.63, 3.8) is 0 Å². The number of benzene rings is 1. The third-order valence-electron chi connectivity index (χ3n) is 4.66. The van der Waals surface area contributed by atoms with Crippen LogP contribution >= 0.6 is 11.6 Å². The summed E-state index contributed by atoms with van der Waals surface area (Å²) in [6.07, 6.45) is -3.16. The highest BCUT2D eigenvalue weighted by Crippen LogP contribution is 2.28. The summed E-state index contributed by atoms with van der Waals surface area (Å²) in [5.41, 5.74) is 0.486. The average molecular weight is 512 g/mol. The predicted molar refractivity (Wildman–Crippen MR) is 122 cm³/mol. The second-order valence-corrected chi connectivity index (χ2v) is 9.34. The fourth-order valence-corrected chi connectivity index (χ4v) is 4.24. The molecule has 0 aliphatic carbocycles. The lowest BCUT2D eigenvalue weighted by Crippen LogP contribution is -2.44. The van der Waals surface area contributed by atoms with Crippen molar-refractivity contribution in [3.05, 3.63) is 71.1 Å². The van der Waals surface area contributed by atoms with Crippen LogP contribution < -0.4 is 5.32 Å². The minimum absolute atomic E-state index is 0.114. The van der Waals surface area contributed by atoms with Crippen molar-refractivity contribution in [2.75, 3.05) is 6.54 Å². The van der Waals surface area contributed by atoms with Crippen LogP contribution in [0.3, 0.4) is 0 Å². The number of carbonyl (C=O) groups is 1. The minimum Gasteiger partial charge on any atom is -0.593 e. The van der Waals surface area contributed by atoms with Crippen LogP contribution in [0.25, 0.3) is 11.3 Å². The highest BCUT2D eigenvalue weighted by Gasteiger charge is 2.33. The van der Waals surface area contributed by atoms with E-state index in [9.17, 15) is 22.5 Å². The van der Waals surface area contributed by atoms with E-state index < -0.39 is 23.2 Å². The van der Waals surface area contributed by atoms with Gasteiger partial charge in [0.05, 0.1) is 29.3 Å². The molecule has 1 aromatic carbocycles. The standard InChI is InChI=1S/C22H21ClF3N5O2S/c1-14(2)31(34(33)17-6-9-20(23)27-12-17)13-21(32)28-11-15-4-3-5-16(10-15)18-7-8-19(30-29-18)22(24,25)26/h3-10,12,14H,11,13H2,1-2H3,(H,28,32). The molecule has 1 N–H and O–H groups in total. The molecule has 1 atom stereocenters. The lowest BCUT2D eigenvalue weighted by molar-refractivity contribution is -0.141. The van der Waals surface area contributed by atoms with Gasteiger partial charge in [0.1, 0.15) is 11.7 Å². The number of pyridine rings is 1. The van der Waals surface area contributed by atoms with Crippen molar-refractivity contribution >= 4 is 28.9 Å². The van der Waals surface area contributed by atoms with Crippen LogP contribution in [0.15, 0.2) is 59.6 Å². The van der Waals surface area contributed by atoms with E-state index in [4.69, 9.17) is 11.6 Å². The maximum atomic E-state index is 12.9. The lowest BCUT2D eigenvalue weighted by Gasteiger charge is -2.26. The molecule has 0 fully saturated rings. The van der Waals surface area contributed by atoms with Crippen LogP contribution in [-0.2, 0) is 28.9 Å². The molecule has 2 heterocycles. The summed E-state index contributed by atoms with van der Waals surface area (Å²) in [4.78, 5) is 16.9. The number of aromatic nitrogens is 3. The molecule has 12 heteroatoms. The summed E-state index contributed by atoms with van der Waals surface area (Å²) in [7, 11) is 0. The Kier molecular flexibility index (Phi) is 8.47. The van der Waals surface area contributed by atoms with Gasteiger partial charge in [-0.25, -0.2) is 4.98 Å². The Balaban J connectivity index is 1.63. The smallest absolute Gasteiger partial charge is 0.435 e. The summed E-state index contributed by atoms with van der Waals surface area (Å²) >= 11 is 4.17. The van der Waals surface area contributed by atoms with E-state index >= 15 is 0 Å². The normalized spacial score (nSPS) is 12.7. The first-order valence-electron chi connectivity index (χ1n) is 10.1. The molecule has 0 bridgehead atoms. The molecule has 1 unspecified atom stereocenters. The number of hydrogen-bond donors (Lipinski definition) is 1. The van der Waals surface area contributed by atoms with Gasteiger partial charge in [0.25, 0.3) is 0 Å². The van der Waals surface area contributed by atoms with Gasteiger partial charge in [0, 0.05) is 12.1 Å². The number of hydrogen-bond acceptors (Lipinski definition) is 6. The van der Waals surface area contributed by atoms with Gasteiger partial charge in [0.2, 0.25) is 5.91 Å². The molecule has 3 aromatic rings. The SMILES string of the molecule is CC(C)N(CC(=O)NCc1cccc(-c2ccc(C(F)(F)F)nn2)c1)[S+]([O-])c1ccc(Cl)nc1. The number of amides is 1. The highest BCUT2D eigenvalue weighted by molar-refractivity contribution is 7.89.